The van der Waals surface area contributed by atoms with Crippen LogP contribution in [0.15, 0.2) is 24.8 Å². The normalized spacial score (nSPS) is 8.32. The van der Waals surface area contributed by atoms with Crippen molar-refractivity contribution in [1.82, 2.24) is 0 Å². The zero-order valence-electron chi connectivity index (χ0n) is 13.0. The summed E-state index contributed by atoms with van der Waals surface area (Å²) in [6.45, 7) is 8.90. The van der Waals surface area contributed by atoms with E-state index in [2.05, 4.69) is 24.8 Å². The van der Waals surface area contributed by atoms with Gasteiger partial charge in [-0.15, -0.1) is 5.26 Å². The Morgan fingerprint density at radius 3 is 2.18 bits per heavy atom. The predicted molar refractivity (Wildman–Crippen MR) is 81.0 cm³/mol. The van der Waals surface area contributed by atoms with Crippen LogP contribution in [0.1, 0.15) is 45.4 Å². The van der Waals surface area contributed by atoms with Crippen LogP contribution in [0.5, 0.6) is 0 Å². The summed E-state index contributed by atoms with van der Waals surface area (Å²) in [6, 6.07) is 1.66. The van der Waals surface area contributed by atoms with Crippen molar-refractivity contribution in [2.75, 3.05) is 6.61 Å². The first-order chi connectivity index (χ1) is 10.5. The molecule has 0 aromatic rings. The monoisotopic (exact) mass is 306 g/mol. The maximum atomic E-state index is 11.0. The van der Waals surface area contributed by atoms with Crippen molar-refractivity contribution < 1.29 is 19.1 Å². The predicted octanol–water partition coefficient (Wildman–Crippen LogP) is 3.17. The van der Waals surface area contributed by atoms with Crippen molar-refractivity contribution >= 4 is 11.9 Å². The topological polar surface area (TPSA) is 100 Å². The molecule has 120 valence electrons. The molecule has 0 aliphatic rings. The summed E-state index contributed by atoms with van der Waals surface area (Å²) in [6.07, 6.45) is 8.99. The Morgan fingerprint density at radius 1 is 1.14 bits per heavy atom. The third kappa shape index (κ3) is 15.5. The summed E-state index contributed by atoms with van der Waals surface area (Å²) in [5.41, 5.74) is -0.124. The van der Waals surface area contributed by atoms with Gasteiger partial charge in [0.2, 0.25) is 0 Å². The maximum Gasteiger partial charge on any atom is 0.348 e. The van der Waals surface area contributed by atoms with Gasteiger partial charge < -0.3 is 9.47 Å². The molecule has 0 saturated heterocycles. The van der Waals surface area contributed by atoms with Crippen LogP contribution in [-0.2, 0) is 19.1 Å². The first-order valence-corrected chi connectivity index (χ1v) is 7.01. The lowest BCUT2D eigenvalue weighted by Crippen LogP contribution is -2.06. The third-order valence-corrected chi connectivity index (χ3v) is 2.43. The maximum absolute atomic E-state index is 11.0. The molecule has 0 aromatic heterocycles. The Labute approximate surface area is 131 Å². The van der Waals surface area contributed by atoms with Gasteiger partial charge in [-0.3, -0.25) is 0 Å². The first-order valence-electron chi connectivity index (χ1n) is 7.01. The molecule has 0 aliphatic heterocycles. The molecule has 0 amide bonds. The van der Waals surface area contributed by atoms with E-state index in [-0.39, 0.29) is 5.57 Å². The minimum Gasteiger partial charge on any atom is -0.462 e. The lowest BCUT2D eigenvalue weighted by atomic mass is 10.1. The molecule has 22 heavy (non-hydrogen) atoms. The summed E-state index contributed by atoms with van der Waals surface area (Å²) in [7, 11) is 0. The number of carbonyl (C=O) groups is 2. The molecular weight excluding hydrogens is 284 g/mol. The van der Waals surface area contributed by atoms with Crippen molar-refractivity contribution in [3.8, 4) is 12.3 Å². The number of hydrogen-bond acceptors (Lipinski definition) is 6. The SMILES string of the molecule is C=C(C#N)C(=O)OCCCCCCCC.C=CC(=O)OC#N. The molecule has 0 rings (SSSR count). The molecule has 0 bridgehead atoms. The van der Waals surface area contributed by atoms with Gasteiger partial charge in [0.1, 0.15) is 11.6 Å². The number of esters is 2. The highest BCUT2D eigenvalue weighted by Gasteiger charge is 2.05. The third-order valence-electron chi connectivity index (χ3n) is 2.43. The number of nitriles is 2. The van der Waals surface area contributed by atoms with Crippen LogP contribution in [0, 0.1) is 22.8 Å². The lowest BCUT2D eigenvalue weighted by Gasteiger charge is -2.02. The number of unbranched alkanes of at least 4 members (excludes halogenated alkanes) is 5. The fourth-order valence-corrected chi connectivity index (χ4v) is 1.27. The van der Waals surface area contributed by atoms with Crippen molar-refractivity contribution in [1.29, 1.82) is 10.5 Å². The van der Waals surface area contributed by atoms with Gasteiger partial charge in [-0.1, -0.05) is 52.2 Å². The van der Waals surface area contributed by atoms with Crippen molar-refractivity contribution in [2.45, 2.75) is 45.4 Å². The summed E-state index contributed by atoms with van der Waals surface area (Å²) >= 11 is 0. The number of ether oxygens (including phenoxy) is 2. The van der Waals surface area contributed by atoms with Crippen molar-refractivity contribution in [2.24, 2.45) is 0 Å². The zero-order chi connectivity index (χ0) is 17.2. The Balaban J connectivity index is 0. The molecule has 0 aromatic carbocycles. The number of rotatable bonds is 9. The summed E-state index contributed by atoms with van der Waals surface area (Å²) in [4.78, 5) is 20.8. The molecule has 6 heteroatoms. The van der Waals surface area contributed by atoms with E-state index in [0.29, 0.717) is 6.61 Å². The smallest absolute Gasteiger partial charge is 0.348 e. The second kappa shape index (κ2) is 16.5. The average molecular weight is 306 g/mol. The Morgan fingerprint density at radius 2 is 1.73 bits per heavy atom. The van der Waals surface area contributed by atoms with Crippen LogP contribution in [0.4, 0.5) is 0 Å². The van der Waals surface area contributed by atoms with Crippen molar-refractivity contribution in [3.63, 3.8) is 0 Å². The van der Waals surface area contributed by atoms with E-state index in [9.17, 15) is 9.59 Å². The van der Waals surface area contributed by atoms with E-state index in [1.54, 1.807) is 6.07 Å². The molecule has 0 unspecified atom stereocenters. The largest absolute Gasteiger partial charge is 0.462 e. The quantitative estimate of drug-likeness (QED) is 0.213. The molecule has 0 N–H and O–H groups in total. The Hall–Kier alpha value is -2.60. The summed E-state index contributed by atoms with van der Waals surface area (Å²) in [5, 5.41) is 16.0. The minimum atomic E-state index is -0.720. The van der Waals surface area contributed by atoms with Crippen LogP contribution in [0.25, 0.3) is 0 Å². The van der Waals surface area contributed by atoms with Crippen LogP contribution >= 0.6 is 0 Å². The number of hydrogen-bond donors (Lipinski definition) is 0. The minimum absolute atomic E-state index is 0.124. The summed E-state index contributed by atoms with van der Waals surface area (Å²) < 4.78 is 8.58. The second-order valence-corrected chi connectivity index (χ2v) is 4.21. The fourth-order valence-electron chi connectivity index (χ4n) is 1.27. The highest BCUT2D eigenvalue weighted by molar-refractivity contribution is 5.91. The van der Waals surface area contributed by atoms with E-state index in [1.165, 1.54) is 31.9 Å². The molecule has 0 aliphatic carbocycles. The highest BCUT2D eigenvalue weighted by atomic mass is 16.5. The first kappa shape index (κ1) is 21.7. The molecule has 0 radical (unpaired) electrons. The van der Waals surface area contributed by atoms with E-state index in [1.807, 2.05) is 0 Å². The molecule has 0 heterocycles. The molecule has 0 atom stereocenters. The lowest BCUT2D eigenvalue weighted by molar-refractivity contribution is -0.138. The second-order valence-electron chi connectivity index (χ2n) is 4.21. The number of nitrogens with zero attached hydrogens (tertiary/aromatic N) is 2. The van der Waals surface area contributed by atoms with Gasteiger partial charge in [0.05, 0.1) is 6.61 Å². The highest BCUT2D eigenvalue weighted by Crippen LogP contribution is 2.05. The Bertz CT molecular complexity index is 444. The Kier molecular flexibility index (Phi) is 16.2. The van der Waals surface area contributed by atoms with Gasteiger partial charge in [0.15, 0.2) is 0 Å². The average Bonchev–Trinajstić information content (AvgIpc) is 2.53. The molecule has 6 nitrogen and oxygen atoms in total. The van der Waals surface area contributed by atoms with E-state index < -0.39 is 11.9 Å². The van der Waals surface area contributed by atoms with Crippen LogP contribution in [0.2, 0.25) is 0 Å². The van der Waals surface area contributed by atoms with Gasteiger partial charge in [-0.25, -0.2) is 9.59 Å². The van der Waals surface area contributed by atoms with Gasteiger partial charge in [-0.05, 0) is 6.42 Å². The van der Waals surface area contributed by atoms with E-state index in [0.717, 1.165) is 18.9 Å². The summed E-state index contributed by atoms with van der Waals surface area (Å²) in [5.74, 6) is -1.31. The fraction of sp³-hybridized carbons (Fsp3) is 0.500. The molecule has 0 saturated carbocycles. The van der Waals surface area contributed by atoms with Crippen LogP contribution in [-0.4, -0.2) is 18.5 Å². The number of carbonyl (C=O) groups excluding carboxylic acids is 2. The standard InChI is InChI=1S/C12H19NO2.C4H3NO2/c1-3-4-5-6-7-8-9-15-12(14)11(2)10-13;1-2-4(6)7-3-5/h2-9H2,1H3;2H,1H2. The van der Waals surface area contributed by atoms with Gasteiger partial charge >= 0.3 is 11.9 Å². The van der Waals surface area contributed by atoms with Crippen LogP contribution in [0.3, 0.4) is 0 Å². The van der Waals surface area contributed by atoms with E-state index >= 15 is 0 Å². The van der Waals surface area contributed by atoms with Gasteiger partial charge in [0, 0.05) is 6.08 Å². The molecule has 0 spiro atoms. The van der Waals surface area contributed by atoms with E-state index in [4.69, 9.17) is 15.3 Å². The van der Waals surface area contributed by atoms with Gasteiger partial charge in [-0.2, -0.15) is 5.26 Å². The van der Waals surface area contributed by atoms with Crippen molar-refractivity contribution in [3.05, 3.63) is 24.8 Å². The van der Waals surface area contributed by atoms with Crippen LogP contribution < -0.4 is 0 Å². The zero-order valence-corrected chi connectivity index (χ0v) is 13.0. The van der Waals surface area contributed by atoms with Gasteiger partial charge in [0.25, 0.3) is 6.26 Å². The molecular formula is C16H22N2O4. The molecule has 0 fully saturated rings.